The van der Waals surface area contributed by atoms with E-state index < -0.39 is 44.2 Å². The van der Waals surface area contributed by atoms with E-state index in [1.165, 1.54) is 26.0 Å². The molecule has 0 fully saturated rings. The van der Waals surface area contributed by atoms with Gasteiger partial charge >= 0.3 is 16.3 Å². The van der Waals surface area contributed by atoms with Crippen LogP contribution in [0.4, 0.5) is 37.0 Å². The van der Waals surface area contributed by atoms with Crippen LogP contribution in [0.25, 0.3) is 11.1 Å². The molecule has 3 aromatic carbocycles. The van der Waals surface area contributed by atoms with Gasteiger partial charge in [-0.2, -0.15) is 8.78 Å². The molecule has 0 heterocycles. The van der Waals surface area contributed by atoms with Crippen molar-refractivity contribution >= 4 is 10.2 Å². The zero-order valence-electron chi connectivity index (χ0n) is 19.2. The molecule has 0 unspecified atom stereocenters. The molecule has 1 nitrogen and oxygen atoms in total. The molecule has 0 aliphatic heterocycles. The van der Waals surface area contributed by atoms with Crippen molar-refractivity contribution in [2.24, 2.45) is 0 Å². The van der Waals surface area contributed by atoms with E-state index in [1.807, 2.05) is 32.9 Å². The van der Waals surface area contributed by atoms with Crippen LogP contribution in [-0.2, 0) is 6.11 Å². The number of hydrogen-bond donors (Lipinski definition) is 0. The first kappa shape index (κ1) is 26.8. The zero-order valence-corrected chi connectivity index (χ0v) is 20.0. The molecule has 0 atom stereocenters. The molecule has 11 heteroatoms. The molecule has 0 aliphatic carbocycles. The van der Waals surface area contributed by atoms with Gasteiger partial charge in [-0.3, -0.25) is 0 Å². The van der Waals surface area contributed by atoms with E-state index in [2.05, 4.69) is 4.74 Å². The smallest absolute Gasteiger partial charge is 0.427 e. The van der Waals surface area contributed by atoms with Crippen LogP contribution in [0.5, 0.6) is 5.75 Å². The van der Waals surface area contributed by atoms with Gasteiger partial charge in [-0.05, 0) is 68.0 Å². The van der Waals surface area contributed by atoms with Crippen LogP contribution >= 0.6 is 10.2 Å². The van der Waals surface area contributed by atoms with E-state index >= 15 is 8.78 Å². The molecular weight excluding hydrogens is 507 g/mol. The molecule has 3 aromatic rings. The van der Waals surface area contributed by atoms with Crippen molar-refractivity contribution in [2.45, 2.75) is 45.6 Å². The Bertz CT molecular complexity index is 1280. The van der Waals surface area contributed by atoms with Gasteiger partial charge in [0.2, 0.25) is 0 Å². The molecule has 0 aliphatic rings. The molecule has 0 bridgehead atoms. The standard InChI is InChI=1S/C24H21F9OS/c1-12-6-13(2)21(14(3)7-12)17-8-15(4)22(16(5)9-17)24(27,28)34-18-10-19(25)23(20(26)11-18)35(29,30,31,32)33/h6-11H,1-5H3. The van der Waals surface area contributed by atoms with E-state index in [4.69, 9.17) is 0 Å². The Hall–Kier alpha value is -2.82. The fourth-order valence-corrected chi connectivity index (χ4v) is 5.22. The average Bonchev–Trinajstić information content (AvgIpc) is 2.55. The SMILES string of the molecule is Cc1cc(C)c(-c2cc(C)c(C(F)(F)Oc3cc(F)c(S(F)(F)(F)(F)F)c(F)c3)c(C)c2)c(C)c1. The summed E-state index contributed by atoms with van der Waals surface area (Å²) in [5.41, 5.74) is 3.69. The third kappa shape index (κ3) is 5.39. The first-order valence-corrected chi connectivity index (χ1v) is 12.1. The highest BCUT2D eigenvalue weighted by molar-refractivity contribution is 8.45. The van der Waals surface area contributed by atoms with Gasteiger partial charge in [-0.15, -0.1) is 0 Å². The maximum Gasteiger partial charge on any atom is 0.427 e. The molecular formula is C24H21F9OS. The van der Waals surface area contributed by atoms with Crippen LogP contribution in [0.15, 0.2) is 41.3 Å². The van der Waals surface area contributed by atoms with Crippen molar-refractivity contribution in [3.63, 3.8) is 0 Å². The summed E-state index contributed by atoms with van der Waals surface area (Å²) in [5, 5.41) is 0. The molecule has 0 radical (unpaired) electrons. The Morgan fingerprint density at radius 2 is 1.09 bits per heavy atom. The summed E-state index contributed by atoms with van der Waals surface area (Å²) >= 11 is 0. The molecule has 3 rings (SSSR count). The molecule has 0 spiro atoms. The van der Waals surface area contributed by atoms with Crippen molar-refractivity contribution in [2.75, 3.05) is 0 Å². The maximum atomic E-state index is 15.0. The van der Waals surface area contributed by atoms with Crippen molar-refractivity contribution < 1.29 is 41.7 Å². The number of ether oxygens (including phenoxy) is 1. The Kier molecular flexibility index (Phi) is 5.81. The lowest BCUT2D eigenvalue weighted by Crippen LogP contribution is -2.25. The van der Waals surface area contributed by atoms with Crippen molar-refractivity contribution in [3.05, 3.63) is 81.4 Å². The Balaban J connectivity index is 2.06. The van der Waals surface area contributed by atoms with E-state index in [9.17, 15) is 28.2 Å². The third-order valence-electron chi connectivity index (χ3n) is 5.39. The molecule has 0 aromatic heterocycles. The van der Waals surface area contributed by atoms with E-state index in [-0.39, 0.29) is 23.3 Å². The summed E-state index contributed by atoms with van der Waals surface area (Å²) in [6.07, 6.45) is -4.25. The van der Waals surface area contributed by atoms with E-state index in [0.717, 1.165) is 22.3 Å². The van der Waals surface area contributed by atoms with Gasteiger partial charge in [0.05, 0.1) is 5.56 Å². The highest BCUT2D eigenvalue weighted by atomic mass is 32.5. The third-order valence-corrected chi connectivity index (χ3v) is 6.55. The second kappa shape index (κ2) is 7.59. The van der Waals surface area contributed by atoms with Crippen LogP contribution < -0.4 is 4.74 Å². The van der Waals surface area contributed by atoms with E-state index in [0.29, 0.717) is 5.56 Å². The zero-order chi connectivity index (χ0) is 26.8. The number of alkyl halides is 2. The van der Waals surface area contributed by atoms with Crippen LogP contribution in [0, 0.1) is 46.3 Å². The van der Waals surface area contributed by atoms with Crippen LogP contribution in [-0.4, -0.2) is 0 Å². The molecule has 0 saturated heterocycles. The fraction of sp³-hybridized carbons (Fsp3) is 0.250. The summed E-state index contributed by atoms with van der Waals surface area (Å²) in [4.78, 5) is -3.42. The van der Waals surface area contributed by atoms with E-state index in [1.54, 1.807) is 0 Å². The summed E-state index contributed by atoms with van der Waals surface area (Å²) in [6.45, 7) is 8.34. The van der Waals surface area contributed by atoms with Crippen molar-refractivity contribution in [3.8, 4) is 16.9 Å². The van der Waals surface area contributed by atoms with Gasteiger partial charge in [0.25, 0.3) is 0 Å². The van der Waals surface area contributed by atoms with Gasteiger partial charge in [-0.1, -0.05) is 49.3 Å². The van der Waals surface area contributed by atoms with Gasteiger partial charge in [0.1, 0.15) is 5.75 Å². The number of hydrogen-bond acceptors (Lipinski definition) is 1. The minimum atomic E-state index is -10.8. The number of halogens is 9. The predicted octanol–water partition coefficient (Wildman–Crippen LogP) is 9.96. The van der Waals surface area contributed by atoms with Crippen LogP contribution in [0.2, 0.25) is 0 Å². The topological polar surface area (TPSA) is 9.23 Å². The van der Waals surface area contributed by atoms with Gasteiger partial charge in [0, 0.05) is 12.1 Å². The van der Waals surface area contributed by atoms with Gasteiger partial charge in [-0.25, -0.2) is 8.78 Å². The monoisotopic (exact) mass is 528 g/mol. The van der Waals surface area contributed by atoms with Gasteiger partial charge in [0.15, 0.2) is 16.5 Å². The first-order valence-electron chi connectivity index (χ1n) is 10.1. The maximum absolute atomic E-state index is 15.0. The molecule has 0 N–H and O–H groups in total. The average molecular weight is 528 g/mol. The second-order valence-corrected chi connectivity index (χ2v) is 10.9. The Morgan fingerprint density at radius 3 is 1.49 bits per heavy atom. The number of aryl methyl sites for hydroxylation is 5. The molecule has 192 valence electrons. The largest absolute Gasteiger partial charge is 0.429 e. The fourth-order valence-electron chi connectivity index (χ4n) is 4.37. The highest BCUT2D eigenvalue weighted by Gasteiger charge is 2.69. The van der Waals surface area contributed by atoms with Gasteiger partial charge < -0.3 is 4.74 Å². The summed E-state index contributed by atoms with van der Waals surface area (Å²) in [6, 6.07) is 6.09. The highest BCUT2D eigenvalue weighted by Crippen LogP contribution is 3.02. The molecule has 0 amide bonds. The lowest BCUT2D eigenvalue weighted by molar-refractivity contribution is -0.186. The minimum Gasteiger partial charge on any atom is -0.429 e. The van der Waals surface area contributed by atoms with Crippen LogP contribution in [0.1, 0.15) is 33.4 Å². The molecule has 35 heavy (non-hydrogen) atoms. The lowest BCUT2D eigenvalue weighted by atomic mass is 9.89. The second-order valence-electron chi connectivity index (χ2n) is 8.56. The normalized spacial score (nSPS) is 14.5. The first-order chi connectivity index (χ1) is 15.6. The Morgan fingerprint density at radius 1 is 0.657 bits per heavy atom. The summed E-state index contributed by atoms with van der Waals surface area (Å²) in [5.74, 6) is -6.91. The lowest BCUT2D eigenvalue weighted by Gasteiger charge is -2.40. The quantitative estimate of drug-likeness (QED) is 0.300. The van der Waals surface area contributed by atoms with Crippen molar-refractivity contribution in [1.29, 1.82) is 0 Å². The summed E-state index contributed by atoms with van der Waals surface area (Å²) < 4.78 is 127. The van der Waals surface area contributed by atoms with Crippen LogP contribution in [0.3, 0.4) is 0 Å². The molecule has 0 saturated carbocycles. The minimum absolute atomic E-state index is 0.0361. The Labute approximate surface area is 196 Å². The predicted molar refractivity (Wildman–Crippen MR) is 118 cm³/mol. The van der Waals surface area contributed by atoms with Crippen molar-refractivity contribution in [1.82, 2.24) is 0 Å². The summed E-state index contributed by atoms with van der Waals surface area (Å²) in [7, 11) is -10.8. The number of benzene rings is 3. The number of rotatable bonds is 5.